The van der Waals surface area contributed by atoms with Gasteiger partial charge in [0, 0.05) is 25.1 Å². The third-order valence-corrected chi connectivity index (χ3v) is 2.77. The van der Waals surface area contributed by atoms with Crippen LogP contribution < -0.4 is 9.64 Å². The highest BCUT2D eigenvalue weighted by Crippen LogP contribution is 2.28. The molecule has 16 heavy (non-hydrogen) atoms. The van der Waals surface area contributed by atoms with Gasteiger partial charge in [-0.3, -0.25) is 4.79 Å². The minimum absolute atomic E-state index is 0.0901. The second-order valence-electron chi connectivity index (χ2n) is 3.66. The van der Waals surface area contributed by atoms with Gasteiger partial charge in [0.05, 0.1) is 18.2 Å². The number of methoxy groups -OCH3 is 1. The van der Waals surface area contributed by atoms with Gasteiger partial charge in [0.1, 0.15) is 11.6 Å². The van der Waals surface area contributed by atoms with Crippen molar-refractivity contribution < 1.29 is 13.9 Å². The smallest absolute Gasteiger partial charge is 0.228 e. The molecule has 3 nitrogen and oxygen atoms in total. The number of halogens is 2. The Labute approximate surface area is 97.8 Å². The van der Waals surface area contributed by atoms with Crippen molar-refractivity contribution in [2.45, 2.75) is 11.8 Å². The quantitative estimate of drug-likeness (QED) is 0.745. The zero-order chi connectivity index (χ0) is 11.7. The van der Waals surface area contributed by atoms with Crippen LogP contribution >= 0.6 is 11.6 Å². The second kappa shape index (κ2) is 4.29. The maximum absolute atomic E-state index is 13.2. The normalized spacial score (nSPS) is 20.3. The molecule has 1 unspecified atom stereocenters. The molecule has 5 heteroatoms. The number of rotatable bonds is 2. The molecule has 1 atom stereocenters. The van der Waals surface area contributed by atoms with Crippen molar-refractivity contribution in [2.75, 3.05) is 18.6 Å². The number of carbonyl (C=O) groups excluding carboxylic acids is 1. The summed E-state index contributed by atoms with van der Waals surface area (Å²) in [7, 11) is 1.45. The molecule has 2 rings (SSSR count). The Balaban J connectivity index is 2.33. The molecule has 1 aromatic carbocycles. The number of hydrogen-bond donors (Lipinski definition) is 0. The van der Waals surface area contributed by atoms with Crippen molar-refractivity contribution in [1.29, 1.82) is 0 Å². The van der Waals surface area contributed by atoms with Crippen molar-refractivity contribution in [3.63, 3.8) is 0 Å². The van der Waals surface area contributed by atoms with E-state index in [1.165, 1.54) is 24.1 Å². The van der Waals surface area contributed by atoms with Crippen LogP contribution in [0.3, 0.4) is 0 Å². The summed E-state index contributed by atoms with van der Waals surface area (Å²) in [6.45, 7) is 0.410. The third kappa shape index (κ3) is 2.11. The van der Waals surface area contributed by atoms with Gasteiger partial charge in [0.25, 0.3) is 0 Å². The average molecular weight is 244 g/mol. The first-order valence-corrected chi connectivity index (χ1v) is 5.33. The van der Waals surface area contributed by atoms with Crippen LogP contribution in [0.25, 0.3) is 0 Å². The summed E-state index contributed by atoms with van der Waals surface area (Å²) in [5, 5.41) is -0.207. The molecule has 1 aliphatic rings. The molecule has 0 spiro atoms. The number of carbonyl (C=O) groups is 1. The molecule has 0 bridgehead atoms. The van der Waals surface area contributed by atoms with Gasteiger partial charge in [0.15, 0.2) is 0 Å². The molecule has 86 valence electrons. The molecule has 0 aliphatic carbocycles. The summed E-state index contributed by atoms with van der Waals surface area (Å²) in [5.41, 5.74) is 0.491. The number of hydrogen-bond acceptors (Lipinski definition) is 2. The number of anilines is 1. The number of amides is 1. The first-order valence-electron chi connectivity index (χ1n) is 4.89. The summed E-state index contributed by atoms with van der Waals surface area (Å²) >= 11 is 5.88. The molecule has 1 aromatic rings. The Kier molecular flexibility index (Phi) is 3.01. The van der Waals surface area contributed by atoms with Crippen LogP contribution in [0.4, 0.5) is 10.1 Å². The molecule has 0 N–H and O–H groups in total. The highest BCUT2D eigenvalue weighted by atomic mass is 35.5. The van der Waals surface area contributed by atoms with E-state index < -0.39 is 5.82 Å². The molecular weight excluding hydrogens is 233 g/mol. The van der Waals surface area contributed by atoms with E-state index in [2.05, 4.69) is 0 Å². The van der Waals surface area contributed by atoms with E-state index in [9.17, 15) is 9.18 Å². The summed E-state index contributed by atoms with van der Waals surface area (Å²) in [6.07, 6.45) is 0.292. The van der Waals surface area contributed by atoms with E-state index in [1.807, 2.05) is 0 Å². The summed E-state index contributed by atoms with van der Waals surface area (Å²) in [5.74, 6) is -0.131. The molecule has 0 aromatic heterocycles. The largest absolute Gasteiger partial charge is 0.497 e. The Morgan fingerprint density at radius 3 is 2.81 bits per heavy atom. The van der Waals surface area contributed by atoms with Crippen molar-refractivity contribution in [2.24, 2.45) is 0 Å². The highest BCUT2D eigenvalue weighted by molar-refractivity contribution is 6.24. The lowest BCUT2D eigenvalue weighted by Gasteiger charge is -2.16. The first kappa shape index (κ1) is 11.2. The van der Waals surface area contributed by atoms with Gasteiger partial charge in [-0.05, 0) is 6.07 Å². The predicted molar refractivity (Wildman–Crippen MR) is 59.6 cm³/mol. The summed E-state index contributed by atoms with van der Waals surface area (Å²) in [6, 6.07) is 4.19. The standard InChI is InChI=1S/C11H11ClFNO2/c1-16-10-4-8(13)3-9(5-10)14-6-7(12)2-11(14)15/h3-5,7H,2,6H2,1H3. The van der Waals surface area contributed by atoms with Gasteiger partial charge >= 0.3 is 0 Å². The topological polar surface area (TPSA) is 29.5 Å². The van der Waals surface area contributed by atoms with Crippen LogP contribution in [-0.4, -0.2) is 24.9 Å². The van der Waals surface area contributed by atoms with Crippen molar-refractivity contribution in [3.05, 3.63) is 24.0 Å². The third-order valence-electron chi connectivity index (χ3n) is 2.48. The fourth-order valence-electron chi connectivity index (χ4n) is 1.74. The molecule has 1 heterocycles. The minimum atomic E-state index is -0.430. The van der Waals surface area contributed by atoms with E-state index in [0.717, 1.165) is 0 Å². The maximum Gasteiger partial charge on any atom is 0.228 e. The van der Waals surface area contributed by atoms with Gasteiger partial charge < -0.3 is 9.64 Å². The molecular formula is C11H11ClFNO2. The van der Waals surface area contributed by atoms with E-state index in [4.69, 9.17) is 16.3 Å². The van der Waals surface area contributed by atoms with Gasteiger partial charge in [-0.1, -0.05) is 0 Å². The Morgan fingerprint density at radius 2 is 2.25 bits per heavy atom. The van der Waals surface area contributed by atoms with Crippen molar-refractivity contribution >= 4 is 23.2 Å². The lowest BCUT2D eigenvalue weighted by Crippen LogP contribution is -2.24. The minimum Gasteiger partial charge on any atom is -0.497 e. The lowest BCUT2D eigenvalue weighted by atomic mass is 10.2. The van der Waals surface area contributed by atoms with E-state index in [1.54, 1.807) is 6.07 Å². The predicted octanol–water partition coefficient (Wildman–Crippen LogP) is 2.18. The van der Waals surface area contributed by atoms with Gasteiger partial charge in [-0.2, -0.15) is 0 Å². The van der Waals surface area contributed by atoms with Crippen LogP contribution in [0, 0.1) is 5.82 Å². The van der Waals surface area contributed by atoms with E-state index in [-0.39, 0.29) is 11.3 Å². The average Bonchev–Trinajstić information content (AvgIpc) is 2.57. The van der Waals surface area contributed by atoms with Gasteiger partial charge in [-0.15, -0.1) is 11.6 Å². The van der Waals surface area contributed by atoms with Crippen LogP contribution in [0.1, 0.15) is 6.42 Å². The van der Waals surface area contributed by atoms with Gasteiger partial charge in [-0.25, -0.2) is 4.39 Å². The number of ether oxygens (including phenoxy) is 1. The van der Waals surface area contributed by atoms with Crippen LogP contribution in [0.15, 0.2) is 18.2 Å². The molecule has 0 saturated carbocycles. The van der Waals surface area contributed by atoms with E-state index in [0.29, 0.717) is 24.4 Å². The first-order chi connectivity index (χ1) is 7.60. The van der Waals surface area contributed by atoms with Crippen molar-refractivity contribution in [3.8, 4) is 5.75 Å². The summed E-state index contributed by atoms with van der Waals surface area (Å²) in [4.78, 5) is 13.0. The summed E-state index contributed by atoms with van der Waals surface area (Å²) < 4.78 is 18.2. The number of nitrogens with zero attached hydrogens (tertiary/aromatic N) is 1. The Morgan fingerprint density at radius 1 is 1.50 bits per heavy atom. The molecule has 1 amide bonds. The van der Waals surface area contributed by atoms with Crippen LogP contribution in [0.2, 0.25) is 0 Å². The van der Waals surface area contributed by atoms with Crippen LogP contribution in [-0.2, 0) is 4.79 Å². The van der Waals surface area contributed by atoms with E-state index >= 15 is 0 Å². The highest BCUT2D eigenvalue weighted by Gasteiger charge is 2.29. The van der Waals surface area contributed by atoms with Gasteiger partial charge in [0.2, 0.25) is 5.91 Å². The number of alkyl halides is 1. The maximum atomic E-state index is 13.2. The number of benzene rings is 1. The molecule has 1 saturated heterocycles. The monoisotopic (exact) mass is 243 g/mol. The molecule has 1 aliphatic heterocycles. The fraction of sp³-hybridized carbons (Fsp3) is 0.364. The Bertz CT molecular complexity index is 424. The molecule has 0 radical (unpaired) electrons. The SMILES string of the molecule is COc1cc(F)cc(N2CC(Cl)CC2=O)c1. The molecule has 1 fully saturated rings. The zero-order valence-electron chi connectivity index (χ0n) is 8.74. The Hall–Kier alpha value is -1.29. The second-order valence-corrected chi connectivity index (χ2v) is 4.27. The fourth-order valence-corrected chi connectivity index (χ4v) is 2.01. The van der Waals surface area contributed by atoms with Crippen LogP contribution in [0.5, 0.6) is 5.75 Å². The zero-order valence-corrected chi connectivity index (χ0v) is 9.50. The lowest BCUT2D eigenvalue weighted by molar-refractivity contribution is -0.117. The van der Waals surface area contributed by atoms with Crippen molar-refractivity contribution in [1.82, 2.24) is 0 Å².